The van der Waals surface area contributed by atoms with E-state index in [4.69, 9.17) is 4.74 Å². The molecule has 3 aromatic rings. The summed E-state index contributed by atoms with van der Waals surface area (Å²) in [4.78, 5) is 0. The van der Waals surface area contributed by atoms with Crippen molar-refractivity contribution in [3.63, 3.8) is 0 Å². The molecule has 2 N–H and O–H groups in total. The quantitative estimate of drug-likeness (QED) is 0.561. The van der Waals surface area contributed by atoms with Crippen molar-refractivity contribution in [2.75, 3.05) is 6.61 Å². The Bertz CT molecular complexity index is 996. The first-order valence-corrected chi connectivity index (χ1v) is 8.88. The highest BCUT2D eigenvalue weighted by Gasteiger charge is 2.31. The van der Waals surface area contributed by atoms with Gasteiger partial charge < -0.3 is 14.9 Å². The van der Waals surface area contributed by atoms with Crippen LogP contribution in [0.15, 0.2) is 72.8 Å². The number of hydrogen-bond donors (Lipinski definition) is 2. The van der Waals surface area contributed by atoms with Crippen molar-refractivity contribution in [1.29, 1.82) is 0 Å². The first-order chi connectivity index (χ1) is 13.9. The molecule has 29 heavy (non-hydrogen) atoms. The second kappa shape index (κ2) is 8.84. The molecule has 0 spiro atoms. The number of phenolic OH excluding ortho intramolecular Hbond substituents is 1. The molecule has 0 saturated carbocycles. The van der Waals surface area contributed by atoms with Crippen molar-refractivity contribution in [1.82, 2.24) is 0 Å². The van der Waals surface area contributed by atoms with E-state index >= 15 is 0 Å². The van der Waals surface area contributed by atoms with Crippen LogP contribution >= 0.6 is 0 Å². The van der Waals surface area contributed by atoms with Crippen molar-refractivity contribution in [3.8, 4) is 22.6 Å². The van der Waals surface area contributed by atoms with E-state index in [1.54, 1.807) is 18.2 Å². The molecule has 0 saturated heterocycles. The maximum Gasteiger partial charge on any atom is 0.416 e. The number of halogens is 3. The lowest BCUT2D eigenvalue weighted by atomic mass is 9.96. The number of ether oxygens (including phenoxy) is 1. The van der Waals surface area contributed by atoms with Crippen LogP contribution in [0.4, 0.5) is 13.2 Å². The van der Waals surface area contributed by atoms with Gasteiger partial charge in [-0.05, 0) is 47.0 Å². The third-order valence-corrected chi connectivity index (χ3v) is 4.32. The molecule has 0 atom stereocenters. The van der Waals surface area contributed by atoms with Gasteiger partial charge in [-0.2, -0.15) is 13.2 Å². The van der Waals surface area contributed by atoms with E-state index in [0.717, 1.165) is 17.7 Å². The van der Waals surface area contributed by atoms with Crippen LogP contribution in [-0.2, 0) is 12.8 Å². The Morgan fingerprint density at radius 1 is 0.931 bits per heavy atom. The summed E-state index contributed by atoms with van der Waals surface area (Å²) in [6.45, 7) is -0.415. The Morgan fingerprint density at radius 3 is 2.38 bits per heavy atom. The number of aliphatic hydroxyl groups excluding tert-OH is 1. The molecule has 0 heterocycles. The zero-order chi connectivity index (χ0) is 20.9. The number of benzene rings is 3. The topological polar surface area (TPSA) is 49.7 Å². The van der Waals surface area contributed by atoms with Crippen molar-refractivity contribution >= 4 is 6.08 Å². The first kappa shape index (κ1) is 20.5. The van der Waals surface area contributed by atoms with Crippen LogP contribution in [0, 0.1) is 0 Å². The molecule has 0 unspecified atom stereocenters. The van der Waals surface area contributed by atoms with Gasteiger partial charge in [0.2, 0.25) is 0 Å². The highest BCUT2D eigenvalue weighted by atomic mass is 19.4. The standard InChI is InChI=1S/C23H19F3O3/c24-23(25,26)18-11-12-19(17(14-18)15-27)22-20(28)9-4-10-21(22)29-13-5-8-16-6-2-1-3-7-16/h1-12,14,27-28H,13,15H2. The van der Waals surface area contributed by atoms with E-state index in [9.17, 15) is 23.4 Å². The summed E-state index contributed by atoms with van der Waals surface area (Å²) in [7, 11) is 0. The van der Waals surface area contributed by atoms with Crippen LogP contribution < -0.4 is 4.74 Å². The molecule has 0 amide bonds. The zero-order valence-electron chi connectivity index (χ0n) is 15.4. The molecule has 3 rings (SSSR count). The van der Waals surface area contributed by atoms with Crippen LogP contribution in [0.5, 0.6) is 11.5 Å². The number of alkyl halides is 3. The van der Waals surface area contributed by atoms with Gasteiger partial charge in [0, 0.05) is 0 Å². The summed E-state index contributed by atoms with van der Waals surface area (Å²) < 4.78 is 44.7. The lowest BCUT2D eigenvalue weighted by Crippen LogP contribution is -2.06. The van der Waals surface area contributed by atoms with Gasteiger partial charge in [0.25, 0.3) is 0 Å². The zero-order valence-corrected chi connectivity index (χ0v) is 15.4. The number of aromatic hydroxyl groups is 1. The summed E-state index contributed by atoms with van der Waals surface area (Å²) in [5, 5.41) is 19.9. The highest BCUT2D eigenvalue weighted by Crippen LogP contribution is 2.41. The summed E-state index contributed by atoms with van der Waals surface area (Å²) in [6, 6.07) is 17.2. The van der Waals surface area contributed by atoms with Gasteiger partial charge in [-0.15, -0.1) is 0 Å². The smallest absolute Gasteiger partial charge is 0.416 e. The van der Waals surface area contributed by atoms with Crippen molar-refractivity contribution in [2.24, 2.45) is 0 Å². The molecule has 3 nitrogen and oxygen atoms in total. The van der Waals surface area contributed by atoms with Crippen LogP contribution in [0.1, 0.15) is 16.7 Å². The van der Waals surface area contributed by atoms with Crippen LogP contribution in [-0.4, -0.2) is 16.8 Å². The van der Waals surface area contributed by atoms with Crippen molar-refractivity contribution in [2.45, 2.75) is 12.8 Å². The number of hydrogen-bond acceptors (Lipinski definition) is 3. The Hall–Kier alpha value is -3.25. The number of phenols is 1. The Morgan fingerprint density at radius 2 is 1.69 bits per heavy atom. The predicted molar refractivity (Wildman–Crippen MR) is 105 cm³/mol. The van der Waals surface area contributed by atoms with Gasteiger partial charge in [-0.3, -0.25) is 0 Å². The highest BCUT2D eigenvalue weighted by molar-refractivity contribution is 5.79. The normalized spacial score (nSPS) is 11.7. The fourth-order valence-electron chi connectivity index (χ4n) is 2.94. The summed E-state index contributed by atoms with van der Waals surface area (Å²) in [6.07, 6.45) is -0.856. The third-order valence-electron chi connectivity index (χ3n) is 4.32. The van der Waals surface area contributed by atoms with Crippen molar-refractivity contribution in [3.05, 3.63) is 89.5 Å². The van der Waals surface area contributed by atoms with Gasteiger partial charge in [0.1, 0.15) is 18.1 Å². The molecular formula is C23H19F3O3. The van der Waals surface area contributed by atoms with Crippen LogP contribution in [0.2, 0.25) is 0 Å². The second-order valence-corrected chi connectivity index (χ2v) is 6.30. The van der Waals surface area contributed by atoms with Crippen LogP contribution in [0.3, 0.4) is 0 Å². The van der Waals surface area contributed by atoms with E-state index in [0.29, 0.717) is 5.75 Å². The molecule has 0 aliphatic rings. The number of aliphatic hydroxyl groups is 1. The molecule has 0 aliphatic heterocycles. The summed E-state index contributed by atoms with van der Waals surface area (Å²) in [5.74, 6) is 0.154. The minimum atomic E-state index is -4.53. The predicted octanol–water partition coefficient (Wildman–Crippen LogP) is 5.66. The summed E-state index contributed by atoms with van der Waals surface area (Å²) >= 11 is 0. The summed E-state index contributed by atoms with van der Waals surface area (Å²) in [5.41, 5.74) is 0.691. The molecular weight excluding hydrogens is 381 g/mol. The fraction of sp³-hybridized carbons (Fsp3) is 0.130. The Labute approximate surface area is 166 Å². The van der Waals surface area contributed by atoms with Gasteiger partial charge >= 0.3 is 6.18 Å². The molecule has 6 heteroatoms. The Balaban J connectivity index is 1.89. The Kier molecular flexibility index (Phi) is 6.24. The molecule has 0 bridgehead atoms. The molecule has 150 valence electrons. The second-order valence-electron chi connectivity index (χ2n) is 6.30. The van der Waals surface area contributed by atoms with Gasteiger partial charge in [-0.25, -0.2) is 0 Å². The molecule has 0 aliphatic carbocycles. The maximum atomic E-state index is 13.0. The third kappa shape index (κ3) is 4.97. The average molecular weight is 400 g/mol. The monoisotopic (exact) mass is 400 g/mol. The molecule has 0 radical (unpaired) electrons. The van der Waals surface area contributed by atoms with Crippen molar-refractivity contribution < 1.29 is 28.1 Å². The van der Waals surface area contributed by atoms with Gasteiger partial charge in [0.05, 0.1) is 17.7 Å². The SMILES string of the molecule is OCc1cc(C(F)(F)F)ccc1-c1c(O)cccc1OCC=Cc1ccccc1. The lowest BCUT2D eigenvalue weighted by Gasteiger charge is -2.16. The fourth-order valence-corrected chi connectivity index (χ4v) is 2.94. The lowest BCUT2D eigenvalue weighted by molar-refractivity contribution is -0.137. The molecule has 3 aromatic carbocycles. The molecule has 0 fully saturated rings. The average Bonchev–Trinajstić information content (AvgIpc) is 2.71. The molecule has 0 aromatic heterocycles. The van der Waals surface area contributed by atoms with Gasteiger partial charge in [0.15, 0.2) is 0 Å². The maximum absolute atomic E-state index is 13.0. The van der Waals surface area contributed by atoms with E-state index in [-0.39, 0.29) is 29.0 Å². The van der Waals surface area contributed by atoms with Crippen LogP contribution in [0.25, 0.3) is 17.2 Å². The van der Waals surface area contributed by atoms with E-state index in [2.05, 4.69) is 0 Å². The minimum Gasteiger partial charge on any atom is -0.507 e. The minimum absolute atomic E-state index is 0.0472. The van der Waals surface area contributed by atoms with Gasteiger partial charge in [-0.1, -0.05) is 48.5 Å². The van der Waals surface area contributed by atoms with E-state index in [1.165, 1.54) is 12.1 Å². The number of rotatable bonds is 6. The van der Waals surface area contributed by atoms with E-state index in [1.807, 2.05) is 36.4 Å². The van der Waals surface area contributed by atoms with E-state index < -0.39 is 18.3 Å². The first-order valence-electron chi connectivity index (χ1n) is 8.88. The largest absolute Gasteiger partial charge is 0.507 e.